The molecule has 0 aliphatic carbocycles. The summed E-state index contributed by atoms with van der Waals surface area (Å²) in [6, 6.07) is 1.90. The van der Waals surface area contributed by atoms with Crippen LogP contribution in [0, 0.1) is 0 Å². The van der Waals surface area contributed by atoms with Crippen LogP contribution in [0.4, 0.5) is 5.69 Å². The van der Waals surface area contributed by atoms with E-state index in [1.54, 1.807) is 4.68 Å². The fourth-order valence-corrected chi connectivity index (χ4v) is 2.27. The van der Waals surface area contributed by atoms with E-state index in [4.69, 9.17) is 0 Å². The summed E-state index contributed by atoms with van der Waals surface area (Å²) < 4.78 is 1.79. The molecule has 0 aromatic carbocycles. The lowest BCUT2D eigenvalue weighted by Gasteiger charge is -2.15. The summed E-state index contributed by atoms with van der Waals surface area (Å²) in [6.45, 7) is 0.795. The molecule has 0 aliphatic rings. The molecule has 2 aromatic rings. The molecule has 0 radical (unpaired) electrons. The van der Waals surface area contributed by atoms with Crippen LogP contribution in [0.3, 0.4) is 0 Å². The summed E-state index contributed by atoms with van der Waals surface area (Å²) in [6.07, 6.45) is 4.72. The zero-order valence-corrected chi connectivity index (χ0v) is 10.1. The van der Waals surface area contributed by atoms with Crippen molar-refractivity contribution in [1.82, 2.24) is 9.78 Å². The summed E-state index contributed by atoms with van der Waals surface area (Å²) in [5.74, 6) is 0. The first-order valence-corrected chi connectivity index (χ1v) is 5.79. The predicted molar refractivity (Wildman–Crippen MR) is 65.0 cm³/mol. The van der Waals surface area contributed by atoms with Crippen LogP contribution in [-0.2, 0) is 13.6 Å². The highest BCUT2D eigenvalue weighted by Gasteiger charge is 2.06. The van der Waals surface area contributed by atoms with E-state index < -0.39 is 0 Å². The average molecular weight is 235 g/mol. The number of hydrogen-bond acceptors (Lipinski definition) is 4. The van der Waals surface area contributed by atoms with Crippen molar-refractivity contribution in [2.75, 3.05) is 11.9 Å². The molecule has 0 N–H and O–H groups in total. The maximum Gasteiger partial charge on any atom is 0.160 e. The number of aryl methyl sites for hydroxylation is 1. The molecule has 0 fully saturated rings. The lowest BCUT2D eigenvalue weighted by atomic mass is 10.3. The van der Waals surface area contributed by atoms with E-state index in [-0.39, 0.29) is 0 Å². The summed E-state index contributed by atoms with van der Waals surface area (Å²) in [7, 11) is 3.90. The minimum atomic E-state index is 0.757. The van der Waals surface area contributed by atoms with Crippen LogP contribution in [0.2, 0.25) is 0 Å². The van der Waals surface area contributed by atoms with E-state index in [0.29, 0.717) is 0 Å². The van der Waals surface area contributed by atoms with Gasteiger partial charge in [0.05, 0.1) is 11.1 Å². The molecule has 84 valence electrons. The maximum absolute atomic E-state index is 10.6. The van der Waals surface area contributed by atoms with Crippen molar-refractivity contribution in [2.24, 2.45) is 7.05 Å². The SMILES string of the molecule is CN(Cc1cnn(C)c1)c1csc(C=O)c1. The minimum Gasteiger partial charge on any atom is -0.369 e. The second-order valence-electron chi connectivity index (χ2n) is 3.70. The first kappa shape index (κ1) is 10.9. The molecule has 4 nitrogen and oxygen atoms in total. The van der Waals surface area contributed by atoms with Crippen LogP contribution in [-0.4, -0.2) is 23.1 Å². The van der Waals surface area contributed by atoms with E-state index in [1.165, 1.54) is 11.3 Å². The van der Waals surface area contributed by atoms with Crippen molar-refractivity contribution in [1.29, 1.82) is 0 Å². The number of aromatic nitrogens is 2. The van der Waals surface area contributed by atoms with Gasteiger partial charge < -0.3 is 4.90 Å². The zero-order valence-electron chi connectivity index (χ0n) is 9.25. The summed E-state index contributed by atoms with van der Waals surface area (Å²) in [5.41, 5.74) is 2.22. The Morgan fingerprint density at radius 1 is 1.62 bits per heavy atom. The lowest BCUT2D eigenvalue weighted by Crippen LogP contribution is -2.15. The maximum atomic E-state index is 10.6. The Hall–Kier alpha value is -1.62. The lowest BCUT2D eigenvalue weighted by molar-refractivity contribution is 0.112. The molecular weight excluding hydrogens is 222 g/mol. The number of anilines is 1. The van der Waals surface area contributed by atoms with E-state index in [1.807, 2.05) is 37.9 Å². The standard InChI is InChI=1S/C11H13N3OS/c1-13(5-9-4-12-14(2)6-9)10-3-11(7-15)16-8-10/h3-4,6-8H,5H2,1-2H3. The molecule has 0 amide bonds. The highest BCUT2D eigenvalue weighted by atomic mass is 32.1. The van der Waals surface area contributed by atoms with Crippen molar-refractivity contribution in [3.63, 3.8) is 0 Å². The fraction of sp³-hybridized carbons (Fsp3) is 0.273. The minimum absolute atomic E-state index is 0.757. The summed E-state index contributed by atoms with van der Waals surface area (Å²) in [5, 5.41) is 6.11. The largest absolute Gasteiger partial charge is 0.369 e. The first-order chi connectivity index (χ1) is 7.69. The van der Waals surface area contributed by atoms with E-state index in [9.17, 15) is 4.79 Å². The number of rotatable bonds is 4. The van der Waals surface area contributed by atoms with Crippen molar-refractivity contribution in [3.05, 3.63) is 34.3 Å². The number of nitrogens with zero attached hydrogens (tertiary/aromatic N) is 3. The van der Waals surface area contributed by atoms with Gasteiger partial charge in [0.15, 0.2) is 6.29 Å². The molecule has 16 heavy (non-hydrogen) atoms. The van der Waals surface area contributed by atoms with E-state index in [0.717, 1.165) is 29.0 Å². The first-order valence-electron chi connectivity index (χ1n) is 4.91. The summed E-state index contributed by atoms with van der Waals surface area (Å²) >= 11 is 1.46. The Labute approximate surface area is 98.1 Å². The quantitative estimate of drug-likeness (QED) is 0.760. The Kier molecular flexibility index (Phi) is 3.05. The van der Waals surface area contributed by atoms with Crippen LogP contribution >= 0.6 is 11.3 Å². The molecule has 0 saturated heterocycles. The van der Waals surface area contributed by atoms with Gasteiger partial charge in [-0.25, -0.2) is 0 Å². The molecule has 0 unspecified atom stereocenters. The van der Waals surface area contributed by atoms with Crippen LogP contribution in [0.15, 0.2) is 23.8 Å². The third-order valence-electron chi connectivity index (χ3n) is 2.34. The normalized spacial score (nSPS) is 10.4. The summed E-state index contributed by atoms with van der Waals surface area (Å²) in [4.78, 5) is 13.4. The number of thiophene rings is 1. The molecule has 0 saturated carbocycles. The van der Waals surface area contributed by atoms with Crippen molar-refractivity contribution < 1.29 is 4.79 Å². The number of carbonyl (C=O) groups excluding carboxylic acids is 1. The number of aldehydes is 1. The van der Waals surface area contributed by atoms with Crippen LogP contribution in [0.5, 0.6) is 0 Å². The van der Waals surface area contributed by atoms with Crippen LogP contribution in [0.25, 0.3) is 0 Å². The Morgan fingerprint density at radius 2 is 2.44 bits per heavy atom. The second kappa shape index (κ2) is 4.49. The molecule has 2 heterocycles. The molecule has 2 aromatic heterocycles. The molecule has 0 spiro atoms. The molecular formula is C11H13N3OS. The zero-order chi connectivity index (χ0) is 11.5. The molecule has 0 aliphatic heterocycles. The van der Waals surface area contributed by atoms with Crippen molar-refractivity contribution >= 4 is 23.3 Å². The van der Waals surface area contributed by atoms with Gasteiger partial charge in [-0.2, -0.15) is 5.10 Å². The third-order valence-corrected chi connectivity index (χ3v) is 3.19. The highest BCUT2D eigenvalue weighted by Crippen LogP contribution is 2.22. The van der Waals surface area contributed by atoms with E-state index in [2.05, 4.69) is 10.00 Å². The highest BCUT2D eigenvalue weighted by molar-refractivity contribution is 7.12. The average Bonchev–Trinajstić information content (AvgIpc) is 2.87. The van der Waals surface area contributed by atoms with Gasteiger partial charge in [0.25, 0.3) is 0 Å². The van der Waals surface area contributed by atoms with Crippen molar-refractivity contribution in [2.45, 2.75) is 6.54 Å². The smallest absolute Gasteiger partial charge is 0.160 e. The van der Waals surface area contributed by atoms with Gasteiger partial charge in [-0.05, 0) is 6.07 Å². The van der Waals surface area contributed by atoms with Crippen LogP contribution < -0.4 is 4.90 Å². The molecule has 2 rings (SSSR count). The molecule has 0 bridgehead atoms. The van der Waals surface area contributed by atoms with Gasteiger partial charge in [0, 0.05) is 43.5 Å². The monoisotopic (exact) mass is 235 g/mol. The predicted octanol–water partition coefficient (Wildman–Crippen LogP) is 1.93. The van der Waals surface area contributed by atoms with Gasteiger partial charge in [0.2, 0.25) is 0 Å². The van der Waals surface area contributed by atoms with Gasteiger partial charge in [-0.15, -0.1) is 11.3 Å². The Bertz CT molecular complexity index is 489. The van der Waals surface area contributed by atoms with E-state index >= 15 is 0 Å². The number of carbonyl (C=O) groups is 1. The topological polar surface area (TPSA) is 38.1 Å². The molecule has 0 atom stereocenters. The Balaban J connectivity index is 2.07. The molecule has 5 heteroatoms. The number of hydrogen-bond donors (Lipinski definition) is 0. The van der Waals surface area contributed by atoms with Crippen molar-refractivity contribution in [3.8, 4) is 0 Å². The fourth-order valence-electron chi connectivity index (χ4n) is 1.52. The van der Waals surface area contributed by atoms with Gasteiger partial charge in [-0.3, -0.25) is 9.48 Å². The van der Waals surface area contributed by atoms with Crippen LogP contribution in [0.1, 0.15) is 15.2 Å². The third kappa shape index (κ3) is 2.30. The Morgan fingerprint density at radius 3 is 3.00 bits per heavy atom. The second-order valence-corrected chi connectivity index (χ2v) is 4.65. The van der Waals surface area contributed by atoms with Gasteiger partial charge >= 0.3 is 0 Å². The van der Waals surface area contributed by atoms with Gasteiger partial charge in [0.1, 0.15) is 0 Å². The van der Waals surface area contributed by atoms with Gasteiger partial charge in [-0.1, -0.05) is 0 Å².